The second kappa shape index (κ2) is 3.55. The summed E-state index contributed by atoms with van der Waals surface area (Å²) in [7, 11) is 0. The highest BCUT2D eigenvalue weighted by Gasteiger charge is 2.21. The van der Waals surface area contributed by atoms with Crippen LogP contribution in [0.25, 0.3) is 22.1 Å². The third kappa shape index (κ3) is 1.58. The number of aromatic nitrogens is 2. The summed E-state index contributed by atoms with van der Waals surface area (Å²) in [5.74, 6) is 0.860. The topological polar surface area (TPSA) is 38.9 Å². The van der Waals surface area contributed by atoms with Crippen molar-refractivity contribution in [3.8, 4) is 0 Å². The summed E-state index contributed by atoms with van der Waals surface area (Å²) in [6.45, 7) is 8.34. The standard InChI is InChI=1S/C15H16N2O/c1-9-13-12(17-14(16-9)15(2,3)4)10-7-5-6-8-11(10)18-13/h5-8H,1-4H3. The molecule has 0 saturated heterocycles. The zero-order chi connectivity index (χ0) is 12.9. The van der Waals surface area contributed by atoms with Gasteiger partial charge in [0.25, 0.3) is 0 Å². The van der Waals surface area contributed by atoms with Gasteiger partial charge < -0.3 is 4.42 Å². The maximum Gasteiger partial charge on any atom is 0.175 e. The van der Waals surface area contributed by atoms with Crippen LogP contribution in [0.3, 0.4) is 0 Å². The van der Waals surface area contributed by atoms with Crippen molar-refractivity contribution in [3.63, 3.8) is 0 Å². The number of hydrogen-bond donors (Lipinski definition) is 0. The first-order valence-corrected chi connectivity index (χ1v) is 6.13. The van der Waals surface area contributed by atoms with Crippen LogP contribution in [-0.4, -0.2) is 9.97 Å². The van der Waals surface area contributed by atoms with Crippen LogP contribution in [0.2, 0.25) is 0 Å². The molecule has 0 aliphatic rings. The Morgan fingerprint density at radius 1 is 1.06 bits per heavy atom. The van der Waals surface area contributed by atoms with E-state index >= 15 is 0 Å². The van der Waals surface area contributed by atoms with Gasteiger partial charge in [-0.1, -0.05) is 32.9 Å². The highest BCUT2D eigenvalue weighted by molar-refractivity contribution is 6.02. The van der Waals surface area contributed by atoms with Gasteiger partial charge in [0.2, 0.25) is 0 Å². The van der Waals surface area contributed by atoms with E-state index in [0.29, 0.717) is 0 Å². The molecule has 0 fully saturated rings. The van der Waals surface area contributed by atoms with Gasteiger partial charge in [-0.15, -0.1) is 0 Å². The summed E-state index contributed by atoms with van der Waals surface area (Å²) < 4.78 is 5.83. The molecule has 3 aromatic rings. The summed E-state index contributed by atoms with van der Waals surface area (Å²) >= 11 is 0. The minimum absolute atomic E-state index is 0.0582. The molecule has 0 amide bonds. The Balaban J connectivity index is 2.44. The van der Waals surface area contributed by atoms with Gasteiger partial charge in [-0.05, 0) is 19.1 Å². The van der Waals surface area contributed by atoms with Crippen LogP contribution >= 0.6 is 0 Å². The number of fused-ring (bicyclic) bond motifs is 3. The monoisotopic (exact) mass is 240 g/mol. The van der Waals surface area contributed by atoms with Crippen LogP contribution in [0.1, 0.15) is 32.3 Å². The van der Waals surface area contributed by atoms with Crippen molar-refractivity contribution in [2.45, 2.75) is 33.1 Å². The number of nitrogens with zero attached hydrogens (tertiary/aromatic N) is 2. The number of aryl methyl sites for hydroxylation is 1. The first-order chi connectivity index (χ1) is 8.47. The van der Waals surface area contributed by atoms with Crippen LogP contribution in [0.15, 0.2) is 28.7 Å². The second-order valence-corrected chi connectivity index (χ2v) is 5.66. The Morgan fingerprint density at radius 2 is 1.78 bits per heavy atom. The predicted molar refractivity (Wildman–Crippen MR) is 72.7 cm³/mol. The smallest absolute Gasteiger partial charge is 0.175 e. The molecule has 1 aromatic carbocycles. The number of para-hydroxylation sites is 1. The van der Waals surface area contributed by atoms with Crippen LogP contribution in [0.4, 0.5) is 0 Å². The predicted octanol–water partition coefficient (Wildman–Crippen LogP) is 3.98. The fraction of sp³-hybridized carbons (Fsp3) is 0.333. The average Bonchev–Trinajstić information content (AvgIpc) is 2.67. The van der Waals surface area contributed by atoms with Gasteiger partial charge in [0, 0.05) is 10.8 Å². The number of furan rings is 1. The van der Waals surface area contributed by atoms with Gasteiger partial charge in [-0.2, -0.15) is 0 Å². The molecule has 3 rings (SSSR count). The van der Waals surface area contributed by atoms with Gasteiger partial charge in [0.1, 0.15) is 16.9 Å². The van der Waals surface area contributed by atoms with E-state index in [2.05, 4.69) is 25.8 Å². The molecule has 18 heavy (non-hydrogen) atoms. The lowest BCUT2D eigenvalue weighted by Crippen LogP contribution is -2.16. The van der Waals surface area contributed by atoms with Crippen LogP contribution < -0.4 is 0 Å². The van der Waals surface area contributed by atoms with Gasteiger partial charge >= 0.3 is 0 Å². The average molecular weight is 240 g/mol. The number of hydrogen-bond acceptors (Lipinski definition) is 3. The molecule has 3 nitrogen and oxygen atoms in total. The molecule has 0 atom stereocenters. The highest BCUT2D eigenvalue weighted by Crippen LogP contribution is 2.30. The molecular formula is C15H16N2O. The van der Waals surface area contributed by atoms with Crippen molar-refractivity contribution in [2.24, 2.45) is 0 Å². The largest absolute Gasteiger partial charge is 0.452 e. The fourth-order valence-electron chi connectivity index (χ4n) is 2.06. The Kier molecular flexibility index (Phi) is 2.21. The third-order valence-corrected chi connectivity index (χ3v) is 3.06. The number of benzene rings is 1. The fourth-order valence-corrected chi connectivity index (χ4v) is 2.06. The van der Waals surface area contributed by atoms with E-state index in [1.807, 2.05) is 31.2 Å². The molecule has 0 radical (unpaired) electrons. The van der Waals surface area contributed by atoms with Crippen molar-refractivity contribution in [1.29, 1.82) is 0 Å². The molecule has 3 heteroatoms. The van der Waals surface area contributed by atoms with Crippen molar-refractivity contribution < 1.29 is 4.42 Å². The molecule has 0 unspecified atom stereocenters. The lowest BCUT2D eigenvalue weighted by molar-refractivity contribution is 0.544. The Labute approximate surface area is 106 Å². The lowest BCUT2D eigenvalue weighted by atomic mass is 9.95. The molecule has 0 saturated carbocycles. The molecular weight excluding hydrogens is 224 g/mol. The molecule has 2 heterocycles. The lowest BCUT2D eigenvalue weighted by Gasteiger charge is -2.16. The molecule has 0 N–H and O–H groups in total. The van der Waals surface area contributed by atoms with Crippen molar-refractivity contribution in [1.82, 2.24) is 9.97 Å². The molecule has 0 aliphatic carbocycles. The maximum atomic E-state index is 5.83. The Morgan fingerprint density at radius 3 is 2.50 bits per heavy atom. The van der Waals surface area contributed by atoms with Crippen LogP contribution in [0, 0.1) is 6.92 Å². The second-order valence-electron chi connectivity index (χ2n) is 5.66. The van der Waals surface area contributed by atoms with E-state index in [0.717, 1.165) is 33.6 Å². The first-order valence-electron chi connectivity index (χ1n) is 6.13. The van der Waals surface area contributed by atoms with E-state index in [9.17, 15) is 0 Å². The minimum atomic E-state index is -0.0582. The first kappa shape index (κ1) is 11.2. The van der Waals surface area contributed by atoms with Gasteiger partial charge in [0.05, 0.1) is 5.69 Å². The summed E-state index contributed by atoms with van der Waals surface area (Å²) in [6, 6.07) is 7.98. The van der Waals surface area contributed by atoms with Crippen LogP contribution in [-0.2, 0) is 5.41 Å². The van der Waals surface area contributed by atoms with Gasteiger partial charge in [-0.3, -0.25) is 0 Å². The summed E-state index contributed by atoms with van der Waals surface area (Å²) in [5, 5.41) is 1.06. The van der Waals surface area contributed by atoms with E-state index in [1.54, 1.807) is 0 Å². The maximum absolute atomic E-state index is 5.83. The highest BCUT2D eigenvalue weighted by atomic mass is 16.3. The molecule has 0 spiro atoms. The molecule has 0 bridgehead atoms. The number of rotatable bonds is 0. The quantitative estimate of drug-likeness (QED) is 0.596. The molecule has 2 aromatic heterocycles. The van der Waals surface area contributed by atoms with Crippen molar-refractivity contribution in [2.75, 3.05) is 0 Å². The van der Waals surface area contributed by atoms with E-state index in [-0.39, 0.29) is 5.41 Å². The Hall–Kier alpha value is -1.90. The van der Waals surface area contributed by atoms with Crippen LogP contribution in [0.5, 0.6) is 0 Å². The Bertz CT molecular complexity index is 735. The summed E-state index contributed by atoms with van der Waals surface area (Å²) in [4.78, 5) is 9.25. The van der Waals surface area contributed by atoms with Gasteiger partial charge in [0.15, 0.2) is 5.58 Å². The van der Waals surface area contributed by atoms with Crippen molar-refractivity contribution >= 4 is 22.1 Å². The minimum Gasteiger partial charge on any atom is -0.452 e. The zero-order valence-electron chi connectivity index (χ0n) is 11.1. The molecule has 0 aliphatic heterocycles. The van der Waals surface area contributed by atoms with Gasteiger partial charge in [-0.25, -0.2) is 9.97 Å². The summed E-state index contributed by atoms with van der Waals surface area (Å²) in [6.07, 6.45) is 0. The summed E-state index contributed by atoms with van der Waals surface area (Å²) in [5.41, 5.74) is 3.43. The van der Waals surface area contributed by atoms with E-state index in [4.69, 9.17) is 9.40 Å². The third-order valence-electron chi connectivity index (χ3n) is 3.06. The van der Waals surface area contributed by atoms with E-state index in [1.165, 1.54) is 0 Å². The SMILES string of the molecule is Cc1nc(C(C)(C)C)nc2c1oc1ccccc12. The van der Waals surface area contributed by atoms with E-state index < -0.39 is 0 Å². The van der Waals surface area contributed by atoms with Crippen molar-refractivity contribution in [3.05, 3.63) is 35.8 Å². The molecule has 92 valence electrons. The zero-order valence-corrected chi connectivity index (χ0v) is 11.1. The normalized spacial score (nSPS) is 12.4.